The molecule has 1 saturated carbocycles. The Hall–Kier alpha value is -3.97. The zero-order valence-electron chi connectivity index (χ0n) is 20.6. The summed E-state index contributed by atoms with van der Waals surface area (Å²) in [7, 11) is 1.35. The van der Waals surface area contributed by atoms with Crippen LogP contribution in [0.2, 0.25) is 0 Å². The topological polar surface area (TPSA) is 147 Å². The van der Waals surface area contributed by atoms with E-state index in [1.165, 1.54) is 25.0 Å². The number of rotatable bonds is 7. The van der Waals surface area contributed by atoms with E-state index >= 15 is 0 Å². The molecule has 0 aromatic carbocycles. The fourth-order valence-electron chi connectivity index (χ4n) is 4.67. The van der Waals surface area contributed by atoms with Crippen LogP contribution in [0.3, 0.4) is 0 Å². The van der Waals surface area contributed by atoms with Gasteiger partial charge in [-0.3, -0.25) is 15.0 Å². The third-order valence-corrected chi connectivity index (χ3v) is 6.72. The summed E-state index contributed by atoms with van der Waals surface area (Å²) in [5.41, 5.74) is 4.24. The number of nitrogens with zero attached hydrogens (tertiary/aromatic N) is 3. The molecular formula is C24H26F4N6O4. The zero-order chi connectivity index (χ0) is 27.8. The number of hydrogen-bond acceptors (Lipinski definition) is 8. The maximum atomic E-state index is 14.2. The van der Waals surface area contributed by atoms with Crippen LogP contribution in [0.1, 0.15) is 48.6 Å². The van der Waals surface area contributed by atoms with Crippen LogP contribution in [0.5, 0.6) is 5.88 Å². The van der Waals surface area contributed by atoms with Gasteiger partial charge in [0.15, 0.2) is 11.7 Å². The molecule has 1 spiro atoms. The molecule has 10 nitrogen and oxygen atoms in total. The van der Waals surface area contributed by atoms with Crippen molar-refractivity contribution in [3.05, 3.63) is 47.1 Å². The predicted octanol–water partition coefficient (Wildman–Crippen LogP) is 2.95. The van der Waals surface area contributed by atoms with Gasteiger partial charge in [-0.25, -0.2) is 14.4 Å². The molecular weight excluding hydrogens is 512 g/mol. The number of hydrogen-bond donors (Lipinski definition) is 3. The second-order valence-corrected chi connectivity index (χ2v) is 9.31. The Bertz CT molecular complexity index is 1300. The van der Waals surface area contributed by atoms with Crippen molar-refractivity contribution in [2.75, 3.05) is 13.7 Å². The molecule has 2 aromatic heterocycles. The van der Waals surface area contributed by atoms with Crippen molar-refractivity contribution >= 4 is 23.2 Å². The van der Waals surface area contributed by atoms with Gasteiger partial charge in [-0.1, -0.05) is 0 Å². The number of methoxy groups -OCH3 is 1. The van der Waals surface area contributed by atoms with Gasteiger partial charge in [-0.2, -0.15) is 13.2 Å². The first-order valence-electron chi connectivity index (χ1n) is 11.7. The lowest BCUT2D eigenvalue weighted by Gasteiger charge is -2.39. The number of ether oxygens (including phenoxy) is 1. The molecule has 0 unspecified atom stereocenters. The normalized spacial score (nSPS) is 18.8. The second-order valence-electron chi connectivity index (χ2n) is 9.31. The molecule has 2 fully saturated rings. The molecule has 0 radical (unpaired) electrons. The molecule has 2 aliphatic rings. The first-order valence-corrected chi connectivity index (χ1v) is 11.7. The van der Waals surface area contributed by atoms with Crippen LogP contribution < -0.4 is 15.8 Å². The van der Waals surface area contributed by atoms with Crippen molar-refractivity contribution < 1.29 is 36.3 Å². The largest absolute Gasteiger partial charge is 0.481 e. The second kappa shape index (κ2) is 10.1. The van der Waals surface area contributed by atoms with Gasteiger partial charge in [0.25, 0.3) is 5.91 Å². The summed E-state index contributed by atoms with van der Waals surface area (Å²) in [4.78, 5) is 34.8. The summed E-state index contributed by atoms with van der Waals surface area (Å²) >= 11 is 0. The fraction of sp³-hybridized carbons (Fsp3) is 0.458. The SMILES string of the molecule is COc1cc(/C(N)=C/C(=N)C(=O)N2CC[C@H](C(=O)NCc3nc(C)oc3C(F)(F)F)CC23CC3)c(F)cn1. The number of oxazole rings is 1. The van der Waals surface area contributed by atoms with Crippen LogP contribution in [0.4, 0.5) is 17.6 Å². The number of aryl methyl sites for hydroxylation is 1. The number of nitrogens with two attached hydrogens (primary N) is 1. The molecule has 4 rings (SSSR count). The molecule has 0 bridgehead atoms. The Balaban J connectivity index is 1.40. The van der Waals surface area contributed by atoms with Gasteiger partial charge >= 0.3 is 6.18 Å². The Labute approximate surface area is 214 Å². The third kappa shape index (κ3) is 5.48. The number of amides is 2. The lowest BCUT2D eigenvalue weighted by Crippen LogP contribution is -2.52. The van der Waals surface area contributed by atoms with Crippen LogP contribution >= 0.6 is 0 Å². The average Bonchev–Trinajstić information content (AvgIpc) is 3.51. The number of piperidine rings is 1. The number of pyridine rings is 1. The van der Waals surface area contributed by atoms with Crippen LogP contribution in [0.15, 0.2) is 22.8 Å². The summed E-state index contributed by atoms with van der Waals surface area (Å²) in [5, 5.41) is 10.8. The fourth-order valence-corrected chi connectivity index (χ4v) is 4.67. The van der Waals surface area contributed by atoms with E-state index in [1.807, 2.05) is 0 Å². The minimum Gasteiger partial charge on any atom is -0.481 e. The van der Waals surface area contributed by atoms with E-state index in [9.17, 15) is 27.2 Å². The van der Waals surface area contributed by atoms with Crippen LogP contribution in [-0.2, 0) is 22.3 Å². The molecule has 4 N–H and O–H groups in total. The minimum absolute atomic E-state index is 0.0677. The molecule has 38 heavy (non-hydrogen) atoms. The number of likely N-dealkylation sites (tertiary alicyclic amines) is 1. The van der Waals surface area contributed by atoms with Crippen molar-refractivity contribution in [3.8, 4) is 5.88 Å². The van der Waals surface area contributed by atoms with Crippen molar-refractivity contribution in [1.82, 2.24) is 20.2 Å². The highest BCUT2D eigenvalue weighted by Crippen LogP contribution is 2.50. The van der Waals surface area contributed by atoms with E-state index in [2.05, 4.69) is 19.7 Å². The van der Waals surface area contributed by atoms with Crippen LogP contribution in [0.25, 0.3) is 5.70 Å². The zero-order valence-corrected chi connectivity index (χ0v) is 20.6. The van der Waals surface area contributed by atoms with E-state index in [0.29, 0.717) is 19.3 Å². The first kappa shape index (κ1) is 27.1. The molecule has 14 heteroatoms. The molecule has 1 aliphatic heterocycles. The van der Waals surface area contributed by atoms with Crippen molar-refractivity contribution in [2.45, 2.75) is 50.9 Å². The monoisotopic (exact) mass is 538 g/mol. The van der Waals surface area contributed by atoms with Gasteiger partial charge in [0.2, 0.25) is 17.5 Å². The van der Waals surface area contributed by atoms with E-state index in [0.717, 1.165) is 12.3 Å². The molecule has 1 saturated heterocycles. The lowest BCUT2D eigenvalue weighted by atomic mass is 9.87. The summed E-state index contributed by atoms with van der Waals surface area (Å²) in [5.74, 6) is -3.62. The predicted molar refractivity (Wildman–Crippen MR) is 125 cm³/mol. The molecule has 204 valence electrons. The number of carbonyl (C=O) groups is 2. The maximum Gasteiger partial charge on any atom is 0.451 e. The van der Waals surface area contributed by atoms with E-state index in [1.54, 1.807) is 0 Å². The Morgan fingerprint density at radius 1 is 1.39 bits per heavy atom. The van der Waals surface area contributed by atoms with Crippen molar-refractivity contribution in [1.29, 1.82) is 5.41 Å². The van der Waals surface area contributed by atoms with E-state index in [4.69, 9.17) is 15.9 Å². The van der Waals surface area contributed by atoms with Gasteiger partial charge in [0, 0.05) is 42.3 Å². The maximum absolute atomic E-state index is 14.2. The summed E-state index contributed by atoms with van der Waals surface area (Å²) in [6, 6.07) is 1.25. The van der Waals surface area contributed by atoms with Crippen LogP contribution in [0, 0.1) is 24.1 Å². The van der Waals surface area contributed by atoms with E-state index < -0.39 is 59.0 Å². The van der Waals surface area contributed by atoms with Gasteiger partial charge < -0.3 is 25.1 Å². The van der Waals surface area contributed by atoms with Crippen molar-refractivity contribution in [2.24, 2.45) is 11.7 Å². The number of nitrogens with one attached hydrogen (secondary N) is 2. The van der Waals surface area contributed by atoms with Gasteiger partial charge in [-0.15, -0.1) is 0 Å². The number of halogens is 4. The molecule has 2 aromatic rings. The van der Waals surface area contributed by atoms with Crippen molar-refractivity contribution in [3.63, 3.8) is 0 Å². The Morgan fingerprint density at radius 2 is 2.11 bits per heavy atom. The first-order chi connectivity index (χ1) is 17.8. The van der Waals surface area contributed by atoms with Gasteiger partial charge in [0.05, 0.1) is 19.9 Å². The number of aromatic nitrogens is 2. The van der Waals surface area contributed by atoms with Gasteiger partial charge in [0.1, 0.15) is 11.4 Å². The van der Waals surface area contributed by atoms with Gasteiger partial charge in [-0.05, 0) is 31.8 Å². The highest BCUT2D eigenvalue weighted by atomic mass is 19.4. The highest BCUT2D eigenvalue weighted by Gasteiger charge is 2.54. The standard InChI is InChI=1S/C24H26F4N6O4/c1-12-33-18(20(38-12)24(26,27)28)11-32-21(35)13-3-6-34(23(9-13)4-5-23)22(36)17(30)8-16(29)14-7-19(37-2)31-10-15(14)25/h7-8,10,13,30H,3-6,9,11,29H2,1-2H3,(H,32,35)/b16-8-,30-17?/t13-/m0/s1. The molecule has 3 heterocycles. The summed E-state index contributed by atoms with van der Waals surface area (Å²) in [6.45, 7) is 1.01. The minimum atomic E-state index is -4.73. The highest BCUT2D eigenvalue weighted by molar-refractivity contribution is 6.43. The molecule has 1 aliphatic carbocycles. The third-order valence-electron chi connectivity index (χ3n) is 6.72. The Kier molecular flexibility index (Phi) is 7.17. The summed E-state index contributed by atoms with van der Waals surface area (Å²) < 4.78 is 63.1. The van der Waals surface area contributed by atoms with Crippen LogP contribution in [-0.4, -0.2) is 51.6 Å². The quantitative estimate of drug-likeness (QED) is 0.363. The Morgan fingerprint density at radius 3 is 2.74 bits per heavy atom. The smallest absolute Gasteiger partial charge is 0.451 e. The average molecular weight is 539 g/mol. The number of carbonyl (C=O) groups excluding carboxylic acids is 2. The molecule has 1 atom stereocenters. The lowest BCUT2D eigenvalue weighted by molar-refractivity contribution is -0.154. The number of alkyl halides is 3. The van der Waals surface area contributed by atoms with E-state index in [-0.39, 0.29) is 36.0 Å². The molecule has 2 amide bonds. The summed E-state index contributed by atoms with van der Waals surface area (Å²) in [6.07, 6.45) is -0.959.